The molecule has 0 aliphatic rings. The molecule has 0 spiro atoms. The standard InChI is InChI=1S/C24H22ClNO4/c1-3-29-23-11-10-18(12-19(23)15-30-22-9-5-7-20(25)14-22)24(28)26-21-8-4-6-17(13-21)16(2)27/h4-14H,3,15H2,1-2H3,(H,26,28). The molecule has 1 N–H and O–H groups in total. The van der Waals surface area contributed by atoms with E-state index >= 15 is 0 Å². The van der Waals surface area contributed by atoms with Crippen LogP contribution in [0.1, 0.15) is 40.1 Å². The van der Waals surface area contributed by atoms with Crippen LogP contribution in [0, 0.1) is 0 Å². The van der Waals surface area contributed by atoms with Crippen molar-refractivity contribution in [2.24, 2.45) is 0 Å². The van der Waals surface area contributed by atoms with E-state index in [1.807, 2.05) is 13.0 Å². The van der Waals surface area contributed by atoms with Gasteiger partial charge in [-0.15, -0.1) is 0 Å². The van der Waals surface area contributed by atoms with Gasteiger partial charge in [0.25, 0.3) is 5.91 Å². The van der Waals surface area contributed by atoms with Gasteiger partial charge in [-0.2, -0.15) is 0 Å². The molecule has 0 bridgehead atoms. The zero-order chi connectivity index (χ0) is 21.5. The number of nitrogens with one attached hydrogen (secondary N) is 1. The van der Waals surface area contributed by atoms with Gasteiger partial charge in [-0.25, -0.2) is 0 Å². The van der Waals surface area contributed by atoms with E-state index in [1.54, 1.807) is 60.7 Å². The van der Waals surface area contributed by atoms with E-state index in [2.05, 4.69) is 5.32 Å². The summed E-state index contributed by atoms with van der Waals surface area (Å²) in [6, 6.07) is 19.1. The van der Waals surface area contributed by atoms with Gasteiger partial charge in [0.1, 0.15) is 18.1 Å². The summed E-state index contributed by atoms with van der Waals surface area (Å²) >= 11 is 6.00. The lowest BCUT2D eigenvalue weighted by Crippen LogP contribution is -2.13. The molecule has 0 atom stereocenters. The Morgan fingerprint density at radius 3 is 2.47 bits per heavy atom. The summed E-state index contributed by atoms with van der Waals surface area (Å²) in [5.41, 5.74) is 2.28. The van der Waals surface area contributed by atoms with Gasteiger partial charge in [0.15, 0.2) is 5.78 Å². The number of anilines is 1. The van der Waals surface area contributed by atoms with Gasteiger partial charge in [0.2, 0.25) is 0 Å². The highest BCUT2D eigenvalue weighted by molar-refractivity contribution is 6.30. The maximum atomic E-state index is 12.7. The summed E-state index contributed by atoms with van der Waals surface area (Å²) in [6.07, 6.45) is 0. The van der Waals surface area contributed by atoms with Crippen molar-refractivity contribution in [1.82, 2.24) is 0 Å². The van der Waals surface area contributed by atoms with Gasteiger partial charge in [-0.1, -0.05) is 29.8 Å². The minimum absolute atomic E-state index is 0.0624. The monoisotopic (exact) mass is 423 g/mol. The molecule has 3 aromatic carbocycles. The Balaban J connectivity index is 1.79. The SMILES string of the molecule is CCOc1ccc(C(=O)Nc2cccc(C(C)=O)c2)cc1COc1cccc(Cl)c1. The number of rotatable bonds is 8. The first-order chi connectivity index (χ1) is 14.5. The van der Waals surface area contributed by atoms with Gasteiger partial charge in [0.05, 0.1) is 6.61 Å². The van der Waals surface area contributed by atoms with Crippen LogP contribution >= 0.6 is 11.6 Å². The third kappa shape index (κ3) is 5.61. The smallest absolute Gasteiger partial charge is 0.255 e. The minimum atomic E-state index is -0.289. The van der Waals surface area contributed by atoms with Crippen molar-refractivity contribution >= 4 is 29.0 Å². The second-order valence-corrected chi connectivity index (χ2v) is 7.03. The van der Waals surface area contributed by atoms with Crippen LogP contribution in [0.25, 0.3) is 0 Å². The van der Waals surface area contributed by atoms with E-state index in [9.17, 15) is 9.59 Å². The fourth-order valence-corrected chi connectivity index (χ4v) is 3.05. The number of carbonyl (C=O) groups is 2. The third-order valence-corrected chi connectivity index (χ3v) is 4.58. The molecule has 0 saturated carbocycles. The lowest BCUT2D eigenvalue weighted by atomic mass is 10.1. The van der Waals surface area contributed by atoms with Crippen LogP contribution in [0.15, 0.2) is 66.7 Å². The Labute approximate surface area is 180 Å². The van der Waals surface area contributed by atoms with Crippen molar-refractivity contribution in [2.75, 3.05) is 11.9 Å². The molecule has 0 aliphatic heterocycles. The van der Waals surface area contributed by atoms with Crippen LogP contribution in [-0.2, 0) is 6.61 Å². The van der Waals surface area contributed by atoms with Crippen molar-refractivity contribution in [3.05, 3.63) is 88.4 Å². The van der Waals surface area contributed by atoms with Crippen molar-refractivity contribution in [1.29, 1.82) is 0 Å². The van der Waals surface area contributed by atoms with E-state index in [-0.39, 0.29) is 18.3 Å². The second-order valence-electron chi connectivity index (χ2n) is 6.59. The summed E-state index contributed by atoms with van der Waals surface area (Å²) in [5.74, 6) is 0.922. The number of carbonyl (C=O) groups excluding carboxylic acids is 2. The average Bonchev–Trinajstić information content (AvgIpc) is 2.73. The summed E-state index contributed by atoms with van der Waals surface area (Å²) < 4.78 is 11.5. The van der Waals surface area contributed by atoms with Crippen LogP contribution in [0.4, 0.5) is 5.69 Å². The lowest BCUT2D eigenvalue weighted by Gasteiger charge is -2.14. The number of benzene rings is 3. The van der Waals surface area contributed by atoms with Crippen LogP contribution < -0.4 is 14.8 Å². The molecule has 0 radical (unpaired) electrons. The Bertz CT molecular complexity index is 1060. The molecular weight excluding hydrogens is 402 g/mol. The highest BCUT2D eigenvalue weighted by Crippen LogP contribution is 2.25. The number of ketones is 1. The summed E-state index contributed by atoms with van der Waals surface area (Å²) in [6.45, 7) is 4.09. The Morgan fingerprint density at radius 2 is 1.73 bits per heavy atom. The highest BCUT2D eigenvalue weighted by Gasteiger charge is 2.12. The first-order valence-electron chi connectivity index (χ1n) is 9.52. The van der Waals surface area contributed by atoms with Crippen LogP contribution in [0.5, 0.6) is 11.5 Å². The molecular formula is C24H22ClNO4. The molecule has 6 heteroatoms. The fourth-order valence-electron chi connectivity index (χ4n) is 2.87. The molecule has 30 heavy (non-hydrogen) atoms. The summed E-state index contributed by atoms with van der Waals surface area (Å²) in [7, 11) is 0. The van der Waals surface area contributed by atoms with E-state index < -0.39 is 0 Å². The van der Waals surface area contributed by atoms with Crippen molar-refractivity contribution < 1.29 is 19.1 Å². The van der Waals surface area contributed by atoms with E-state index in [1.165, 1.54) is 6.92 Å². The van der Waals surface area contributed by atoms with Crippen LogP contribution in [0.2, 0.25) is 5.02 Å². The minimum Gasteiger partial charge on any atom is -0.493 e. The van der Waals surface area contributed by atoms with Gasteiger partial charge >= 0.3 is 0 Å². The molecule has 0 fully saturated rings. The van der Waals surface area contributed by atoms with Gasteiger partial charge in [-0.05, 0) is 62.4 Å². The second kappa shape index (κ2) is 9.94. The Morgan fingerprint density at radius 1 is 0.933 bits per heavy atom. The maximum Gasteiger partial charge on any atom is 0.255 e. The van der Waals surface area contributed by atoms with E-state index in [0.717, 1.165) is 5.56 Å². The number of ether oxygens (including phenoxy) is 2. The summed E-state index contributed by atoms with van der Waals surface area (Å²) in [4.78, 5) is 24.3. The third-order valence-electron chi connectivity index (χ3n) is 4.34. The fraction of sp³-hybridized carbons (Fsp3) is 0.167. The zero-order valence-electron chi connectivity index (χ0n) is 16.8. The molecule has 1 amide bonds. The highest BCUT2D eigenvalue weighted by atomic mass is 35.5. The molecule has 0 unspecified atom stereocenters. The maximum absolute atomic E-state index is 12.7. The normalized spacial score (nSPS) is 10.4. The molecule has 0 saturated heterocycles. The predicted octanol–water partition coefficient (Wildman–Crippen LogP) is 5.77. The molecule has 0 heterocycles. The number of halogens is 1. The molecule has 0 aromatic heterocycles. The zero-order valence-corrected chi connectivity index (χ0v) is 17.5. The van der Waals surface area contributed by atoms with Crippen molar-refractivity contribution in [3.8, 4) is 11.5 Å². The van der Waals surface area contributed by atoms with Gasteiger partial charge < -0.3 is 14.8 Å². The van der Waals surface area contributed by atoms with Gasteiger partial charge in [0, 0.05) is 27.4 Å². The molecule has 5 nitrogen and oxygen atoms in total. The summed E-state index contributed by atoms with van der Waals surface area (Å²) in [5, 5.41) is 3.41. The number of amides is 1. The number of Topliss-reactive ketones (excluding diaryl/α,β-unsaturated/α-hetero) is 1. The first kappa shape index (κ1) is 21.4. The van der Waals surface area contributed by atoms with Crippen LogP contribution in [-0.4, -0.2) is 18.3 Å². The number of hydrogen-bond acceptors (Lipinski definition) is 4. The number of hydrogen-bond donors (Lipinski definition) is 1. The topological polar surface area (TPSA) is 64.6 Å². The van der Waals surface area contributed by atoms with E-state index in [0.29, 0.717) is 39.9 Å². The van der Waals surface area contributed by atoms with E-state index in [4.69, 9.17) is 21.1 Å². The van der Waals surface area contributed by atoms with Gasteiger partial charge in [-0.3, -0.25) is 9.59 Å². The molecule has 0 aliphatic carbocycles. The quantitative estimate of drug-likeness (QED) is 0.467. The first-order valence-corrected chi connectivity index (χ1v) is 9.90. The average molecular weight is 424 g/mol. The Hall–Kier alpha value is -3.31. The van der Waals surface area contributed by atoms with Crippen LogP contribution in [0.3, 0.4) is 0 Å². The van der Waals surface area contributed by atoms with Crippen molar-refractivity contribution in [2.45, 2.75) is 20.5 Å². The largest absolute Gasteiger partial charge is 0.493 e. The Kier molecular flexibility index (Phi) is 7.09. The van der Waals surface area contributed by atoms with Crippen molar-refractivity contribution in [3.63, 3.8) is 0 Å². The molecule has 3 aromatic rings. The molecule has 154 valence electrons. The molecule has 3 rings (SSSR count). The lowest BCUT2D eigenvalue weighted by molar-refractivity contribution is 0.101. The predicted molar refractivity (Wildman–Crippen MR) is 118 cm³/mol.